The summed E-state index contributed by atoms with van der Waals surface area (Å²) in [5.74, 6) is -0.228. The van der Waals surface area contributed by atoms with Gasteiger partial charge in [-0.05, 0) is 28.7 Å². The molecular formula is C6H4BrFIN. The van der Waals surface area contributed by atoms with E-state index < -0.39 is 0 Å². The van der Waals surface area contributed by atoms with Crippen LogP contribution in [0.15, 0.2) is 12.1 Å². The fourth-order valence-corrected chi connectivity index (χ4v) is 1.48. The molecule has 0 aromatic carbocycles. The second-order valence-electron chi connectivity index (χ2n) is 1.73. The molecule has 1 aromatic heterocycles. The molecule has 0 amide bonds. The van der Waals surface area contributed by atoms with Crippen LogP contribution < -0.4 is 0 Å². The van der Waals surface area contributed by atoms with Gasteiger partial charge in [-0.25, -0.2) is 9.37 Å². The van der Waals surface area contributed by atoms with E-state index >= 15 is 0 Å². The van der Waals surface area contributed by atoms with Crippen LogP contribution in [-0.4, -0.2) is 4.98 Å². The van der Waals surface area contributed by atoms with Gasteiger partial charge in [-0.2, -0.15) is 0 Å². The first kappa shape index (κ1) is 8.39. The number of rotatable bonds is 1. The van der Waals surface area contributed by atoms with Gasteiger partial charge in [0.2, 0.25) is 0 Å². The van der Waals surface area contributed by atoms with Crippen LogP contribution >= 0.6 is 38.5 Å². The van der Waals surface area contributed by atoms with Crippen molar-refractivity contribution in [2.75, 3.05) is 0 Å². The first-order valence-electron chi connectivity index (χ1n) is 2.60. The van der Waals surface area contributed by atoms with Gasteiger partial charge in [0.15, 0.2) is 0 Å². The van der Waals surface area contributed by atoms with Crippen molar-refractivity contribution in [2.45, 2.75) is 5.33 Å². The van der Waals surface area contributed by atoms with Crippen molar-refractivity contribution in [2.24, 2.45) is 0 Å². The number of hydrogen-bond acceptors (Lipinski definition) is 1. The average Bonchev–Trinajstić information content (AvgIpc) is 1.85. The van der Waals surface area contributed by atoms with Crippen molar-refractivity contribution >= 4 is 38.5 Å². The fraction of sp³-hybridized carbons (Fsp3) is 0.167. The van der Waals surface area contributed by atoms with Gasteiger partial charge in [-0.3, -0.25) is 0 Å². The molecule has 0 aliphatic carbocycles. The molecule has 0 N–H and O–H groups in total. The van der Waals surface area contributed by atoms with E-state index in [1.807, 2.05) is 22.6 Å². The molecule has 0 saturated carbocycles. The second kappa shape index (κ2) is 3.61. The van der Waals surface area contributed by atoms with Crippen molar-refractivity contribution < 1.29 is 4.39 Å². The van der Waals surface area contributed by atoms with Crippen LogP contribution in [0.3, 0.4) is 0 Å². The molecule has 0 fully saturated rings. The van der Waals surface area contributed by atoms with Crippen molar-refractivity contribution in [3.05, 3.63) is 27.3 Å². The first-order valence-corrected chi connectivity index (χ1v) is 4.80. The normalized spacial score (nSPS) is 9.90. The molecule has 0 aliphatic heterocycles. The molecule has 4 heteroatoms. The number of alkyl halides is 1. The maximum atomic E-state index is 12.5. The molecule has 1 nitrogen and oxygen atoms in total. The van der Waals surface area contributed by atoms with Gasteiger partial charge >= 0.3 is 0 Å². The summed E-state index contributed by atoms with van der Waals surface area (Å²) < 4.78 is 13.2. The van der Waals surface area contributed by atoms with Crippen LogP contribution in [0, 0.1) is 9.52 Å². The number of pyridine rings is 1. The molecule has 0 radical (unpaired) electrons. The highest BCUT2D eigenvalue weighted by Gasteiger charge is 1.97. The maximum Gasteiger partial charge on any atom is 0.127 e. The quantitative estimate of drug-likeness (QED) is 0.441. The summed E-state index contributed by atoms with van der Waals surface area (Å²) in [6.45, 7) is 0. The van der Waals surface area contributed by atoms with Crippen LogP contribution in [0.1, 0.15) is 5.69 Å². The van der Waals surface area contributed by atoms with Gasteiger partial charge in [0.25, 0.3) is 0 Å². The molecule has 1 rings (SSSR count). The highest BCUT2D eigenvalue weighted by atomic mass is 127. The number of halogens is 3. The second-order valence-corrected chi connectivity index (χ2v) is 3.40. The largest absolute Gasteiger partial charge is 0.246 e. The zero-order valence-electron chi connectivity index (χ0n) is 4.94. The molecule has 54 valence electrons. The van der Waals surface area contributed by atoms with Crippen LogP contribution in [0.2, 0.25) is 0 Å². The molecule has 10 heavy (non-hydrogen) atoms. The lowest BCUT2D eigenvalue weighted by Crippen LogP contribution is -1.89. The Labute approximate surface area is 80.3 Å². The van der Waals surface area contributed by atoms with E-state index in [9.17, 15) is 4.39 Å². The van der Waals surface area contributed by atoms with Gasteiger partial charge < -0.3 is 0 Å². The van der Waals surface area contributed by atoms with E-state index in [0.29, 0.717) is 9.03 Å². The van der Waals surface area contributed by atoms with Gasteiger partial charge in [0, 0.05) is 11.4 Å². The summed E-state index contributed by atoms with van der Waals surface area (Å²) in [5, 5.41) is 0.598. The van der Waals surface area contributed by atoms with Crippen LogP contribution in [0.25, 0.3) is 0 Å². The van der Waals surface area contributed by atoms with E-state index in [1.54, 1.807) is 0 Å². The van der Waals surface area contributed by atoms with Crippen LogP contribution in [0.4, 0.5) is 4.39 Å². The van der Waals surface area contributed by atoms with E-state index in [4.69, 9.17) is 0 Å². The molecule has 0 aliphatic rings. The zero-order valence-corrected chi connectivity index (χ0v) is 8.69. The molecular weight excluding hydrogens is 312 g/mol. The summed E-state index contributed by atoms with van der Waals surface area (Å²) in [6, 6.07) is 2.81. The highest BCUT2D eigenvalue weighted by Crippen LogP contribution is 2.08. The van der Waals surface area contributed by atoms with Crippen molar-refractivity contribution in [1.29, 1.82) is 0 Å². The van der Waals surface area contributed by atoms with Crippen molar-refractivity contribution in [3.8, 4) is 0 Å². The Morgan fingerprint density at radius 2 is 2.30 bits per heavy atom. The third kappa shape index (κ3) is 2.16. The molecule has 0 bridgehead atoms. The lowest BCUT2D eigenvalue weighted by atomic mass is 10.4. The minimum Gasteiger partial charge on any atom is -0.246 e. The lowest BCUT2D eigenvalue weighted by Gasteiger charge is -1.95. The highest BCUT2D eigenvalue weighted by molar-refractivity contribution is 14.1. The van der Waals surface area contributed by atoms with Crippen molar-refractivity contribution in [1.82, 2.24) is 4.98 Å². The first-order chi connectivity index (χ1) is 4.72. The molecule has 1 heterocycles. The van der Waals surface area contributed by atoms with Crippen LogP contribution in [-0.2, 0) is 5.33 Å². The predicted molar refractivity (Wildman–Crippen MR) is 49.5 cm³/mol. The summed E-state index contributed by atoms with van der Waals surface area (Å²) in [5.41, 5.74) is 0.726. The standard InChI is InChI=1S/C6H4BrFIN/c7-3-5-1-4(8)2-6(9)10-5/h1-2H,3H2. The monoisotopic (exact) mass is 315 g/mol. The fourth-order valence-electron chi connectivity index (χ4n) is 0.585. The third-order valence-electron chi connectivity index (χ3n) is 0.949. The summed E-state index contributed by atoms with van der Waals surface area (Å²) in [6.07, 6.45) is 0. The molecule has 0 unspecified atom stereocenters. The van der Waals surface area contributed by atoms with Gasteiger partial charge in [0.1, 0.15) is 9.52 Å². The molecule has 0 saturated heterocycles. The minimum atomic E-state index is -0.228. The number of hydrogen-bond donors (Lipinski definition) is 0. The SMILES string of the molecule is Fc1cc(I)nc(CBr)c1. The van der Waals surface area contributed by atoms with Gasteiger partial charge in [-0.15, -0.1) is 0 Å². The van der Waals surface area contributed by atoms with E-state index in [2.05, 4.69) is 20.9 Å². The lowest BCUT2D eigenvalue weighted by molar-refractivity contribution is 0.622. The zero-order chi connectivity index (χ0) is 7.56. The Bertz CT molecular complexity index is 221. The summed E-state index contributed by atoms with van der Waals surface area (Å²) in [7, 11) is 0. The Hall–Kier alpha value is 0.290. The van der Waals surface area contributed by atoms with Crippen molar-refractivity contribution in [3.63, 3.8) is 0 Å². The Kier molecular flexibility index (Phi) is 3.03. The number of nitrogens with zero attached hydrogens (tertiary/aromatic N) is 1. The Morgan fingerprint density at radius 1 is 1.60 bits per heavy atom. The molecule has 1 aromatic rings. The van der Waals surface area contributed by atoms with Crippen LogP contribution in [0.5, 0.6) is 0 Å². The maximum absolute atomic E-state index is 12.5. The predicted octanol–water partition coefficient (Wildman–Crippen LogP) is 2.72. The summed E-state index contributed by atoms with van der Waals surface area (Å²) in [4.78, 5) is 4.05. The average molecular weight is 316 g/mol. The topological polar surface area (TPSA) is 12.9 Å². The number of aromatic nitrogens is 1. The Morgan fingerprint density at radius 3 is 2.80 bits per heavy atom. The molecule has 0 spiro atoms. The van der Waals surface area contributed by atoms with E-state index in [-0.39, 0.29) is 5.82 Å². The minimum absolute atomic E-state index is 0.228. The molecule has 0 atom stereocenters. The van der Waals surface area contributed by atoms with Gasteiger partial charge in [0.05, 0.1) is 5.69 Å². The summed E-state index contributed by atoms with van der Waals surface area (Å²) >= 11 is 5.18. The Balaban J connectivity index is 3.06. The van der Waals surface area contributed by atoms with Gasteiger partial charge in [-0.1, -0.05) is 15.9 Å². The van der Waals surface area contributed by atoms with E-state index in [1.165, 1.54) is 12.1 Å². The smallest absolute Gasteiger partial charge is 0.127 e. The third-order valence-corrected chi connectivity index (χ3v) is 2.08. The van der Waals surface area contributed by atoms with E-state index in [0.717, 1.165) is 5.69 Å².